The standard InChI is InChI=1S/C9H16N2S/c1-4-5-11-8(7(2)3)6-10-9(11)12/h6-7H,4-5H2,1-3H3,(H,10,12). The Morgan fingerprint density at radius 1 is 1.58 bits per heavy atom. The van der Waals surface area contributed by atoms with E-state index in [1.54, 1.807) is 0 Å². The van der Waals surface area contributed by atoms with Crippen molar-refractivity contribution in [1.29, 1.82) is 0 Å². The summed E-state index contributed by atoms with van der Waals surface area (Å²) in [6.45, 7) is 7.56. The molecule has 0 amide bonds. The van der Waals surface area contributed by atoms with E-state index in [9.17, 15) is 0 Å². The van der Waals surface area contributed by atoms with Gasteiger partial charge in [-0.25, -0.2) is 0 Å². The predicted molar refractivity (Wildman–Crippen MR) is 54.0 cm³/mol. The third kappa shape index (κ3) is 1.78. The van der Waals surface area contributed by atoms with Gasteiger partial charge in [0.2, 0.25) is 0 Å². The zero-order valence-corrected chi connectivity index (χ0v) is 8.74. The van der Waals surface area contributed by atoms with Gasteiger partial charge in [0, 0.05) is 18.4 Å². The monoisotopic (exact) mass is 184 g/mol. The van der Waals surface area contributed by atoms with E-state index < -0.39 is 0 Å². The summed E-state index contributed by atoms with van der Waals surface area (Å²) < 4.78 is 3.03. The van der Waals surface area contributed by atoms with Crippen LogP contribution in [0, 0.1) is 4.77 Å². The van der Waals surface area contributed by atoms with Crippen molar-refractivity contribution in [1.82, 2.24) is 9.55 Å². The van der Waals surface area contributed by atoms with Crippen LogP contribution in [0.1, 0.15) is 38.8 Å². The van der Waals surface area contributed by atoms with Gasteiger partial charge in [0.15, 0.2) is 4.77 Å². The van der Waals surface area contributed by atoms with Gasteiger partial charge in [-0.15, -0.1) is 0 Å². The van der Waals surface area contributed by atoms with E-state index in [4.69, 9.17) is 12.2 Å². The Bertz CT molecular complexity index is 296. The van der Waals surface area contributed by atoms with Crippen LogP contribution in [0.3, 0.4) is 0 Å². The van der Waals surface area contributed by atoms with Gasteiger partial charge in [0.25, 0.3) is 0 Å². The molecule has 0 radical (unpaired) electrons. The van der Waals surface area contributed by atoms with Crippen LogP contribution in [-0.4, -0.2) is 9.55 Å². The lowest BCUT2D eigenvalue weighted by Crippen LogP contribution is -2.03. The summed E-state index contributed by atoms with van der Waals surface area (Å²) in [4.78, 5) is 3.08. The SMILES string of the molecule is CCCn1c(C(C)C)c[nH]c1=S. The molecule has 1 rings (SSSR count). The molecule has 0 aliphatic carbocycles. The number of aromatic amines is 1. The normalized spacial score (nSPS) is 11.0. The average Bonchev–Trinajstić information content (AvgIpc) is 2.34. The Morgan fingerprint density at radius 2 is 2.25 bits per heavy atom. The summed E-state index contributed by atoms with van der Waals surface area (Å²) in [5, 5.41) is 0. The van der Waals surface area contributed by atoms with Gasteiger partial charge < -0.3 is 9.55 Å². The van der Waals surface area contributed by atoms with Crippen LogP contribution in [0.2, 0.25) is 0 Å². The fourth-order valence-corrected chi connectivity index (χ4v) is 1.60. The minimum Gasteiger partial charge on any atom is -0.337 e. The van der Waals surface area contributed by atoms with E-state index in [-0.39, 0.29) is 0 Å². The number of hydrogen-bond acceptors (Lipinski definition) is 1. The first-order valence-electron chi connectivity index (χ1n) is 4.45. The number of nitrogens with zero attached hydrogens (tertiary/aromatic N) is 1. The maximum atomic E-state index is 5.16. The molecular weight excluding hydrogens is 168 g/mol. The van der Waals surface area contributed by atoms with Crippen LogP contribution in [0.15, 0.2) is 6.20 Å². The van der Waals surface area contributed by atoms with Crippen molar-refractivity contribution in [3.8, 4) is 0 Å². The van der Waals surface area contributed by atoms with E-state index >= 15 is 0 Å². The smallest absolute Gasteiger partial charge is 0.177 e. The quantitative estimate of drug-likeness (QED) is 0.716. The van der Waals surface area contributed by atoms with Gasteiger partial charge in [-0.05, 0) is 24.6 Å². The highest BCUT2D eigenvalue weighted by Crippen LogP contribution is 2.14. The van der Waals surface area contributed by atoms with Crippen molar-refractivity contribution in [3.63, 3.8) is 0 Å². The molecule has 0 fully saturated rings. The predicted octanol–water partition coefficient (Wildman–Crippen LogP) is 3.08. The maximum Gasteiger partial charge on any atom is 0.177 e. The summed E-state index contributed by atoms with van der Waals surface area (Å²) >= 11 is 5.16. The molecule has 0 saturated carbocycles. The molecule has 0 aliphatic rings. The molecule has 1 N–H and O–H groups in total. The number of hydrogen-bond donors (Lipinski definition) is 1. The molecule has 1 aromatic rings. The van der Waals surface area contributed by atoms with Gasteiger partial charge in [-0.3, -0.25) is 0 Å². The van der Waals surface area contributed by atoms with E-state index in [1.165, 1.54) is 5.69 Å². The highest BCUT2D eigenvalue weighted by molar-refractivity contribution is 7.71. The van der Waals surface area contributed by atoms with Crippen molar-refractivity contribution >= 4 is 12.2 Å². The lowest BCUT2D eigenvalue weighted by atomic mass is 10.1. The van der Waals surface area contributed by atoms with Crippen molar-refractivity contribution in [3.05, 3.63) is 16.7 Å². The fourth-order valence-electron chi connectivity index (χ4n) is 1.34. The Morgan fingerprint density at radius 3 is 2.75 bits per heavy atom. The second kappa shape index (κ2) is 3.90. The number of H-pyrrole nitrogens is 1. The lowest BCUT2D eigenvalue weighted by molar-refractivity contribution is 0.616. The van der Waals surface area contributed by atoms with Crippen LogP contribution in [-0.2, 0) is 6.54 Å². The number of aromatic nitrogens is 2. The number of rotatable bonds is 3. The van der Waals surface area contributed by atoms with Crippen LogP contribution in [0.5, 0.6) is 0 Å². The number of imidazole rings is 1. The Kier molecular flexibility index (Phi) is 3.09. The van der Waals surface area contributed by atoms with Crippen molar-refractivity contribution < 1.29 is 0 Å². The highest BCUT2D eigenvalue weighted by Gasteiger charge is 2.05. The van der Waals surface area contributed by atoms with Gasteiger partial charge in [0.1, 0.15) is 0 Å². The van der Waals surface area contributed by atoms with Crippen molar-refractivity contribution in [2.75, 3.05) is 0 Å². The molecule has 3 heteroatoms. The Balaban J connectivity index is 3.04. The van der Waals surface area contributed by atoms with E-state index in [0.717, 1.165) is 17.7 Å². The van der Waals surface area contributed by atoms with Crippen LogP contribution in [0.25, 0.3) is 0 Å². The molecule has 1 heterocycles. The first-order chi connectivity index (χ1) is 5.66. The van der Waals surface area contributed by atoms with E-state index in [0.29, 0.717) is 5.92 Å². The zero-order valence-electron chi connectivity index (χ0n) is 7.92. The highest BCUT2D eigenvalue weighted by atomic mass is 32.1. The van der Waals surface area contributed by atoms with Gasteiger partial charge in [-0.2, -0.15) is 0 Å². The summed E-state index contributed by atoms with van der Waals surface area (Å²) in [6, 6.07) is 0. The maximum absolute atomic E-state index is 5.16. The first-order valence-corrected chi connectivity index (χ1v) is 4.85. The number of nitrogens with one attached hydrogen (secondary N) is 1. The van der Waals surface area contributed by atoms with E-state index in [2.05, 4.69) is 30.3 Å². The van der Waals surface area contributed by atoms with E-state index in [1.807, 2.05) is 6.20 Å². The summed E-state index contributed by atoms with van der Waals surface area (Å²) in [5.41, 5.74) is 1.31. The molecule has 1 aromatic heterocycles. The van der Waals surface area contributed by atoms with Crippen LogP contribution >= 0.6 is 12.2 Å². The Labute approximate surface area is 78.6 Å². The summed E-state index contributed by atoms with van der Waals surface area (Å²) in [5.74, 6) is 0.546. The minimum atomic E-state index is 0.546. The van der Waals surface area contributed by atoms with Crippen molar-refractivity contribution in [2.24, 2.45) is 0 Å². The summed E-state index contributed by atoms with van der Waals surface area (Å²) in [6.07, 6.45) is 3.15. The second-order valence-electron chi connectivity index (χ2n) is 3.33. The first kappa shape index (κ1) is 9.52. The van der Waals surface area contributed by atoms with Crippen LogP contribution in [0.4, 0.5) is 0 Å². The molecule has 0 unspecified atom stereocenters. The molecular formula is C9H16N2S. The lowest BCUT2D eigenvalue weighted by Gasteiger charge is -2.08. The fraction of sp³-hybridized carbons (Fsp3) is 0.667. The Hall–Kier alpha value is -0.570. The molecule has 68 valence electrons. The topological polar surface area (TPSA) is 20.7 Å². The molecule has 0 aromatic carbocycles. The van der Waals surface area contributed by atoms with Gasteiger partial charge in [0.05, 0.1) is 0 Å². The third-order valence-electron chi connectivity index (χ3n) is 1.94. The summed E-state index contributed by atoms with van der Waals surface area (Å²) in [7, 11) is 0. The molecule has 0 aliphatic heterocycles. The van der Waals surface area contributed by atoms with Crippen molar-refractivity contribution in [2.45, 2.75) is 39.7 Å². The molecule has 12 heavy (non-hydrogen) atoms. The molecule has 0 atom stereocenters. The molecule has 0 spiro atoms. The van der Waals surface area contributed by atoms with Gasteiger partial charge in [-0.1, -0.05) is 20.8 Å². The largest absolute Gasteiger partial charge is 0.337 e. The van der Waals surface area contributed by atoms with Crippen LogP contribution < -0.4 is 0 Å². The second-order valence-corrected chi connectivity index (χ2v) is 3.71. The van der Waals surface area contributed by atoms with Gasteiger partial charge >= 0.3 is 0 Å². The zero-order chi connectivity index (χ0) is 9.14. The molecule has 0 bridgehead atoms. The third-order valence-corrected chi connectivity index (χ3v) is 2.28. The molecule has 2 nitrogen and oxygen atoms in total. The molecule has 0 saturated heterocycles. The minimum absolute atomic E-state index is 0.546. The average molecular weight is 184 g/mol.